The van der Waals surface area contributed by atoms with Gasteiger partial charge >= 0.3 is 0 Å². The highest BCUT2D eigenvalue weighted by molar-refractivity contribution is 9.10. The first kappa shape index (κ1) is 11.0. The molecule has 0 aliphatic rings. The summed E-state index contributed by atoms with van der Waals surface area (Å²) in [6.45, 7) is 0. The summed E-state index contributed by atoms with van der Waals surface area (Å²) < 4.78 is 0.950. The average Bonchev–Trinajstić information content (AvgIpc) is 2.68. The maximum atomic E-state index is 11.6. The molecule has 0 aliphatic heterocycles. The van der Waals surface area contributed by atoms with E-state index in [9.17, 15) is 4.79 Å². The van der Waals surface area contributed by atoms with Crippen LogP contribution in [0, 0.1) is 0 Å². The third kappa shape index (κ3) is 2.56. The largest absolute Gasteiger partial charge is 0.374 e. The molecule has 1 aromatic heterocycles. The van der Waals surface area contributed by atoms with Crippen LogP contribution in [-0.4, -0.2) is 16.1 Å². The molecule has 0 saturated carbocycles. The quantitative estimate of drug-likeness (QED) is 0.890. The molecule has 0 bridgehead atoms. The van der Waals surface area contributed by atoms with E-state index in [0.29, 0.717) is 5.69 Å². The normalized spacial score (nSPS) is 10.1. The number of nitrogens with two attached hydrogens (primary N) is 1. The predicted octanol–water partition coefficient (Wildman–Crippen LogP) is 2.14. The first-order valence-corrected chi connectivity index (χ1v) is 5.92. The number of hydrogen-bond acceptors (Lipinski definition) is 5. The van der Waals surface area contributed by atoms with Crippen molar-refractivity contribution >= 4 is 44.0 Å². The molecule has 1 heterocycles. The molecule has 82 valence electrons. The van der Waals surface area contributed by atoms with Gasteiger partial charge in [-0.15, -0.1) is 10.2 Å². The van der Waals surface area contributed by atoms with Crippen LogP contribution in [0.25, 0.3) is 0 Å². The van der Waals surface area contributed by atoms with E-state index in [0.717, 1.165) is 15.8 Å². The summed E-state index contributed by atoms with van der Waals surface area (Å²) in [5.41, 5.74) is 6.08. The topological polar surface area (TPSA) is 80.9 Å². The van der Waals surface area contributed by atoms with Crippen LogP contribution >= 0.6 is 27.3 Å². The Balaban J connectivity index is 2.10. The Morgan fingerprint density at radius 2 is 2.00 bits per heavy atom. The van der Waals surface area contributed by atoms with Crippen LogP contribution in [0.15, 0.2) is 28.7 Å². The molecule has 3 N–H and O–H groups in total. The Morgan fingerprint density at radius 1 is 1.31 bits per heavy atom. The molecule has 0 spiro atoms. The monoisotopic (exact) mass is 298 g/mol. The van der Waals surface area contributed by atoms with E-state index in [1.54, 1.807) is 12.1 Å². The van der Waals surface area contributed by atoms with Gasteiger partial charge in [0.05, 0.1) is 0 Å². The van der Waals surface area contributed by atoms with E-state index in [2.05, 4.69) is 31.4 Å². The van der Waals surface area contributed by atoms with E-state index in [4.69, 9.17) is 5.73 Å². The third-order valence-corrected chi connectivity index (χ3v) is 3.02. The van der Waals surface area contributed by atoms with Crippen LogP contribution in [0.4, 0.5) is 10.8 Å². The molecule has 0 fully saturated rings. The van der Waals surface area contributed by atoms with Crippen LogP contribution in [0.3, 0.4) is 0 Å². The number of nitrogens with one attached hydrogen (secondary N) is 1. The molecule has 0 aliphatic carbocycles. The SMILES string of the molecule is Nc1nnc(C(=O)Nc2ccc(Br)cc2)s1. The molecular weight excluding hydrogens is 292 g/mol. The minimum Gasteiger partial charge on any atom is -0.374 e. The molecule has 0 atom stereocenters. The Kier molecular flexibility index (Phi) is 3.16. The summed E-state index contributed by atoms with van der Waals surface area (Å²) in [5.74, 6) is -0.309. The van der Waals surface area contributed by atoms with Gasteiger partial charge in [-0.1, -0.05) is 27.3 Å². The van der Waals surface area contributed by atoms with Gasteiger partial charge in [0, 0.05) is 10.2 Å². The summed E-state index contributed by atoms with van der Waals surface area (Å²) in [4.78, 5) is 11.6. The van der Waals surface area contributed by atoms with Crippen molar-refractivity contribution < 1.29 is 4.79 Å². The summed E-state index contributed by atoms with van der Waals surface area (Å²) in [6.07, 6.45) is 0. The lowest BCUT2D eigenvalue weighted by molar-refractivity contribution is 0.102. The number of halogens is 1. The van der Waals surface area contributed by atoms with Crippen molar-refractivity contribution in [2.45, 2.75) is 0 Å². The highest BCUT2D eigenvalue weighted by atomic mass is 79.9. The predicted molar refractivity (Wildman–Crippen MR) is 66.4 cm³/mol. The zero-order valence-electron chi connectivity index (χ0n) is 7.98. The second-order valence-corrected chi connectivity index (χ2v) is 4.83. The molecule has 2 aromatic rings. The van der Waals surface area contributed by atoms with Crippen molar-refractivity contribution in [1.29, 1.82) is 0 Å². The fraction of sp³-hybridized carbons (Fsp3) is 0. The average molecular weight is 299 g/mol. The lowest BCUT2D eigenvalue weighted by atomic mass is 10.3. The second kappa shape index (κ2) is 4.58. The van der Waals surface area contributed by atoms with Crippen molar-refractivity contribution in [1.82, 2.24) is 10.2 Å². The van der Waals surface area contributed by atoms with Crippen LogP contribution < -0.4 is 11.1 Å². The fourth-order valence-electron chi connectivity index (χ4n) is 1.04. The molecule has 5 nitrogen and oxygen atoms in total. The molecule has 0 unspecified atom stereocenters. The van der Waals surface area contributed by atoms with Gasteiger partial charge in [0.2, 0.25) is 10.1 Å². The van der Waals surface area contributed by atoms with Gasteiger partial charge in [0.1, 0.15) is 0 Å². The van der Waals surface area contributed by atoms with Gasteiger partial charge < -0.3 is 11.1 Å². The maximum Gasteiger partial charge on any atom is 0.286 e. The van der Waals surface area contributed by atoms with E-state index in [1.165, 1.54) is 0 Å². The summed E-state index contributed by atoms with van der Waals surface area (Å²) >= 11 is 4.36. The first-order chi connectivity index (χ1) is 7.65. The molecule has 0 radical (unpaired) electrons. The molecule has 0 saturated heterocycles. The highest BCUT2D eigenvalue weighted by Crippen LogP contribution is 2.16. The smallest absolute Gasteiger partial charge is 0.286 e. The van der Waals surface area contributed by atoms with Gasteiger partial charge in [0.15, 0.2) is 0 Å². The zero-order chi connectivity index (χ0) is 11.5. The van der Waals surface area contributed by atoms with Crippen LogP contribution in [0.5, 0.6) is 0 Å². The lowest BCUT2D eigenvalue weighted by Gasteiger charge is -2.01. The van der Waals surface area contributed by atoms with Crippen molar-refractivity contribution in [2.75, 3.05) is 11.1 Å². The molecule has 16 heavy (non-hydrogen) atoms. The van der Waals surface area contributed by atoms with E-state index >= 15 is 0 Å². The number of hydrogen-bond donors (Lipinski definition) is 2. The van der Waals surface area contributed by atoms with Gasteiger partial charge in [-0.3, -0.25) is 4.79 Å². The Hall–Kier alpha value is -1.47. The van der Waals surface area contributed by atoms with Crippen LogP contribution in [0.2, 0.25) is 0 Å². The van der Waals surface area contributed by atoms with Gasteiger partial charge in [0.25, 0.3) is 5.91 Å². The van der Waals surface area contributed by atoms with Gasteiger partial charge in [-0.25, -0.2) is 0 Å². The molecule has 1 aromatic carbocycles. The molecule has 2 rings (SSSR count). The van der Waals surface area contributed by atoms with Gasteiger partial charge in [-0.05, 0) is 24.3 Å². The van der Waals surface area contributed by atoms with Crippen molar-refractivity contribution in [3.63, 3.8) is 0 Å². The second-order valence-electron chi connectivity index (χ2n) is 2.91. The van der Waals surface area contributed by atoms with Crippen molar-refractivity contribution in [3.8, 4) is 0 Å². The Labute approximate surface area is 104 Å². The zero-order valence-corrected chi connectivity index (χ0v) is 10.4. The van der Waals surface area contributed by atoms with Crippen molar-refractivity contribution in [2.24, 2.45) is 0 Å². The fourth-order valence-corrected chi connectivity index (χ4v) is 1.81. The van der Waals surface area contributed by atoms with E-state index < -0.39 is 0 Å². The van der Waals surface area contributed by atoms with Crippen LogP contribution in [-0.2, 0) is 0 Å². The summed E-state index contributed by atoms with van der Waals surface area (Å²) in [7, 11) is 0. The van der Waals surface area contributed by atoms with Gasteiger partial charge in [-0.2, -0.15) is 0 Å². The maximum absolute atomic E-state index is 11.6. The number of carbonyl (C=O) groups is 1. The lowest BCUT2D eigenvalue weighted by Crippen LogP contribution is -2.11. The number of amides is 1. The summed E-state index contributed by atoms with van der Waals surface area (Å²) in [5, 5.41) is 10.4. The highest BCUT2D eigenvalue weighted by Gasteiger charge is 2.11. The third-order valence-electron chi connectivity index (χ3n) is 1.74. The minimum atomic E-state index is -0.309. The summed E-state index contributed by atoms with van der Waals surface area (Å²) in [6, 6.07) is 7.24. The number of anilines is 2. The van der Waals surface area contributed by atoms with E-state index in [-0.39, 0.29) is 16.0 Å². The first-order valence-electron chi connectivity index (χ1n) is 4.31. The molecule has 1 amide bonds. The van der Waals surface area contributed by atoms with Crippen LogP contribution in [0.1, 0.15) is 9.80 Å². The minimum absolute atomic E-state index is 0.250. The number of nitrogens with zero attached hydrogens (tertiary/aromatic N) is 2. The number of aromatic nitrogens is 2. The molecular formula is C9H7BrN4OS. The molecule has 7 heteroatoms. The van der Waals surface area contributed by atoms with E-state index in [1.807, 2.05) is 12.1 Å². The Morgan fingerprint density at radius 3 is 2.56 bits per heavy atom. The number of benzene rings is 1. The number of nitrogen functional groups attached to an aromatic ring is 1. The number of rotatable bonds is 2. The number of carbonyl (C=O) groups excluding carboxylic acids is 1. The van der Waals surface area contributed by atoms with Crippen molar-refractivity contribution in [3.05, 3.63) is 33.7 Å². The Bertz CT molecular complexity index is 510. The standard InChI is InChI=1S/C9H7BrN4OS/c10-5-1-3-6(4-2-5)12-7(15)8-13-14-9(11)16-8/h1-4H,(H2,11,14)(H,12,15).